The lowest BCUT2D eigenvalue weighted by atomic mass is 10.2. The molecular weight excluding hydrogens is 280 g/mol. The van der Waals surface area contributed by atoms with E-state index >= 15 is 0 Å². The molecule has 0 aliphatic carbocycles. The van der Waals surface area contributed by atoms with Crippen molar-refractivity contribution in [3.63, 3.8) is 0 Å². The minimum atomic E-state index is -3.07. The summed E-state index contributed by atoms with van der Waals surface area (Å²) in [7, 11) is -3.07. The molecule has 6 nitrogen and oxygen atoms in total. The van der Waals surface area contributed by atoms with Crippen LogP contribution in [0.2, 0.25) is 0 Å². The zero-order valence-electron chi connectivity index (χ0n) is 10.2. The van der Waals surface area contributed by atoms with Crippen molar-refractivity contribution in [3.05, 3.63) is 0 Å². The molecule has 8 heteroatoms. The molecule has 0 radical (unpaired) electrons. The van der Waals surface area contributed by atoms with E-state index in [0.717, 1.165) is 0 Å². The first-order valence-electron chi connectivity index (χ1n) is 5.76. The first-order chi connectivity index (χ1) is 8.41. The molecule has 0 aromatic heterocycles. The van der Waals surface area contributed by atoms with Crippen LogP contribution in [0.25, 0.3) is 0 Å². The number of nitrogens with one attached hydrogen (secondary N) is 1. The van der Waals surface area contributed by atoms with Crippen LogP contribution in [0, 0.1) is 0 Å². The van der Waals surface area contributed by atoms with E-state index in [1.54, 1.807) is 6.92 Å². The van der Waals surface area contributed by atoms with Gasteiger partial charge in [0.1, 0.15) is 0 Å². The molecule has 18 heavy (non-hydrogen) atoms. The summed E-state index contributed by atoms with van der Waals surface area (Å²) in [5, 5.41) is 2.38. The van der Waals surface area contributed by atoms with Crippen LogP contribution in [0.15, 0.2) is 0 Å². The number of carbonyl (C=O) groups excluding carboxylic acids is 2. The van der Waals surface area contributed by atoms with Gasteiger partial charge in [0.2, 0.25) is 0 Å². The quantitative estimate of drug-likeness (QED) is 0.553. The van der Waals surface area contributed by atoms with Gasteiger partial charge in [-0.3, -0.25) is 9.59 Å². The van der Waals surface area contributed by atoms with Gasteiger partial charge in [0.05, 0.1) is 11.5 Å². The van der Waals surface area contributed by atoms with Crippen LogP contribution < -0.4 is 5.32 Å². The van der Waals surface area contributed by atoms with Crippen LogP contribution in [0.1, 0.15) is 13.3 Å². The summed E-state index contributed by atoms with van der Waals surface area (Å²) in [6.45, 7) is 2.25. The molecule has 1 saturated heterocycles. The highest BCUT2D eigenvalue weighted by atomic mass is 35.5. The highest BCUT2D eigenvalue weighted by Crippen LogP contribution is 2.17. The van der Waals surface area contributed by atoms with Gasteiger partial charge in [0.25, 0.3) is 0 Å². The molecule has 0 bridgehead atoms. The summed E-state index contributed by atoms with van der Waals surface area (Å²) in [4.78, 5) is 24.7. The van der Waals surface area contributed by atoms with Crippen molar-refractivity contribution < 1.29 is 18.0 Å². The number of hydrogen-bond acceptors (Lipinski definition) is 4. The van der Waals surface area contributed by atoms with E-state index in [-0.39, 0.29) is 23.9 Å². The molecule has 1 N–H and O–H groups in total. The number of likely N-dealkylation sites (N-methyl/N-ethyl adjacent to an activating group) is 1. The van der Waals surface area contributed by atoms with Gasteiger partial charge >= 0.3 is 11.8 Å². The monoisotopic (exact) mass is 296 g/mol. The molecule has 1 unspecified atom stereocenters. The molecule has 1 heterocycles. The molecule has 0 aromatic carbocycles. The third-order valence-electron chi connectivity index (χ3n) is 2.83. The number of carbonyl (C=O) groups is 2. The van der Waals surface area contributed by atoms with Crippen LogP contribution in [-0.2, 0) is 19.4 Å². The van der Waals surface area contributed by atoms with Gasteiger partial charge in [-0.25, -0.2) is 8.42 Å². The number of sulfone groups is 1. The Bertz CT molecular complexity index is 424. The van der Waals surface area contributed by atoms with Crippen molar-refractivity contribution in [1.29, 1.82) is 0 Å². The van der Waals surface area contributed by atoms with E-state index in [0.29, 0.717) is 13.0 Å². The van der Waals surface area contributed by atoms with Gasteiger partial charge in [-0.1, -0.05) is 0 Å². The topological polar surface area (TPSA) is 83.6 Å². The van der Waals surface area contributed by atoms with Gasteiger partial charge in [0.15, 0.2) is 9.84 Å². The summed E-state index contributed by atoms with van der Waals surface area (Å²) in [5.74, 6) is -1.19. The number of amides is 2. The number of halogens is 1. The lowest BCUT2D eigenvalue weighted by Crippen LogP contribution is -2.48. The number of rotatable bonds is 4. The number of hydrogen-bond donors (Lipinski definition) is 1. The fourth-order valence-corrected chi connectivity index (χ4v) is 3.78. The molecule has 1 atom stereocenters. The normalized spacial score (nSPS) is 21.6. The Morgan fingerprint density at radius 2 is 2.11 bits per heavy atom. The number of alkyl halides is 1. The SMILES string of the molecule is CCN(C(=O)C(=O)NCCCl)C1CCS(=O)(=O)C1. The Balaban J connectivity index is 2.66. The van der Waals surface area contributed by atoms with Gasteiger partial charge in [-0.05, 0) is 13.3 Å². The Kier molecular flexibility index (Phi) is 5.40. The van der Waals surface area contributed by atoms with Crippen LogP contribution >= 0.6 is 11.6 Å². The zero-order valence-corrected chi connectivity index (χ0v) is 11.8. The highest BCUT2D eigenvalue weighted by Gasteiger charge is 2.35. The second-order valence-corrected chi connectivity index (χ2v) is 6.70. The fraction of sp³-hybridized carbons (Fsp3) is 0.800. The van der Waals surface area contributed by atoms with E-state index in [1.165, 1.54) is 4.90 Å². The second kappa shape index (κ2) is 6.38. The fourth-order valence-electron chi connectivity index (χ4n) is 1.96. The van der Waals surface area contributed by atoms with Crippen LogP contribution in [-0.4, -0.2) is 61.6 Å². The van der Waals surface area contributed by atoms with Crippen molar-refractivity contribution in [2.75, 3.05) is 30.5 Å². The lowest BCUT2D eigenvalue weighted by Gasteiger charge is -2.25. The van der Waals surface area contributed by atoms with Crippen LogP contribution in [0.4, 0.5) is 0 Å². The van der Waals surface area contributed by atoms with Gasteiger partial charge in [0, 0.05) is 25.0 Å². The van der Waals surface area contributed by atoms with Crippen LogP contribution in [0.3, 0.4) is 0 Å². The molecule has 1 aliphatic rings. The molecule has 104 valence electrons. The van der Waals surface area contributed by atoms with E-state index in [9.17, 15) is 18.0 Å². The summed E-state index contributed by atoms with van der Waals surface area (Å²) in [5.41, 5.74) is 0. The maximum Gasteiger partial charge on any atom is 0.312 e. The average Bonchev–Trinajstić information content (AvgIpc) is 2.67. The maximum absolute atomic E-state index is 11.9. The second-order valence-electron chi connectivity index (χ2n) is 4.09. The largest absolute Gasteiger partial charge is 0.347 e. The van der Waals surface area contributed by atoms with E-state index in [4.69, 9.17) is 11.6 Å². The minimum Gasteiger partial charge on any atom is -0.347 e. The van der Waals surface area contributed by atoms with E-state index in [1.807, 2.05) is 0 Å². The lowest BCUT2D eigenvalue weighted by molar-refractivity contribution is -0.146. The maximum atomic E-state index is 11.9. The predicted octanol–water partition coefficient (Wildman–Crippen LogP) is -0.623. The van der Waals surface area contributed by atoms with Crippen molar-refractivity contribution in [1.82, 2.24) is 10.2 Å². The summed E-state index contributed by atoms with van der Waals surface area (Å²) in [6, 6.07) is -0.394. The summed E-state index contributed by atoms with van der Waals surface area (Å²) in [6.07, 6.45) is 0.394. The molecule has 0 saturated carbocycles. The van der Waals surface area contributed by atoms with E-state index in [2.05, 4.69) is 5.32 Å². The smallest absolute Gasteiger partial charge is 0.312 e. The molecule has 1 fully saturated rings. The van der Waals surface area contributed by atoms with Gasteiger partial charge in [-0.2, -0.15) is 0 Å². The average molecular weight is 297 g/mol. The summed E-state index contributed by atoms with van der Waals surface area (Å²) >= 11 is 5.41. The molecule has 0 aromatic rings. The molecule has 1 rings (SSSR count). The van der Waals surface area contributed by atoms with Gasteiger partial charge < -0.3 is 10.2 Å². The molecular formula is C10H17ClN2O4S. The Labute approximate surface area is 112 Å². The Hall–Kier alpha value is -0.820. The Morgan fingerprint density at radius 3 is 2.56 bits per heavy atom. The molecule has 0 spiro atoms. The Morgan fingerprint density at radius 1 is 1.44 bits per heavy atom. The standard InChI is InChI=1S/C10H17ClN2O4S/c1-2-13(8-3-6-18(16,17)7-8)10(15)9(14)12-5-4-11/h8H,2-7H2,1H3,(H,12,14). The summed E-state index contributed by atoms with van der Waals surface area (Å²) < 4.78 is 22.7. The van der Waals surface area contributed by atoms with Crippen molar-refractivity contribution in [2.45, 2.75) is 19.4 Å². The van der Waals surface area contributed by atoms with Crippen molar-refractivity contribution in [3.8, 4) is 0 Å². The predicted molar refractivity (Wildman–Crippen MR) is 68.2 cm³/mol. The van der Waals surface area contributed by atoms with Crippen molar-refractivity contribution >= 4 is 33.3 Å². The minimum absolute atomic E-state index is 0.0602. The van der Waals surface area contributed by atoms with Crippen LogP contribution in [0.5, 0.6) is 0 Å². The molecule has 2 amide bonds. The van der Waals surface area contributed by atoms with E-state index < -0.39 is 27.7 Å². The third kappa shape index (κ3) is 3.84. The first kappa shape index (κ1) is 15.2. The van der Waals surface area contributed by atoms with Crippen molar-refractivity contribution in [2.24, 2.45) is 0 Å². The first-order valence-corrected chi connectivity index (χ1v) is 8.12. The highest BCUT2D eigenvalue weighted by molar-refractivity contribution is 7.91. The molecule has 1 aliphatic heterocycles. The third-order valence-corrected chi connectivity index (χ3v) is 4.76. The van der Waals surface area contributed by atoms with Gasteiger partial charge in [-0.15, -0.1) is 11.6 Å². The zero-order chi connectivity index (χ0) is 13.8. The number of nitrogens with zero attached hydrogens (tertiary/aromatic N) is 1.